The second-order valence-corrected chi connectivity index (χ2v) is 5.15. The first-order valence-electron chi connectivity index (χ1n) is 4.93. The smallest absolute Gasteiger partial charge is 0.148 e. The van der Waals surface area contributed by atoms with Crippen molar-refractivity contribution in [2.75, 3.05) is 5.32 Å². The predicted octanol–water partition coefficient (Wildman–Crippen LogP) is 3.74. The minimum absolute atomic E-state index is 0.368. The second-order valence-electron chi connectivity index (χ2n) is 4.00. The van der Waals surface area contributed by atoms with Gasteiger partial charge in [-0.3, -0.25) is 0 Å². The van der Waals surface area contributed by atoms with Gasteiger partial charge < -0.3 is 5.32 Å². The summed E-state index contributed by atoms with van der Waals surface area (Å²) in [5, 5.41) is 3.73. The highest BCUT2D eigenvalue weighted by atomic mass is 79.9. The van der Waals surface area contributed by atoms with E-state index in [1.807, 2.05) is 0 Å². The molecule has 0 fully saturated rings. The van der Waals surface area contributed by atoms with E-state index in [2.05, 4.69) is 52.0 Å². The molecule has 0 spiro atoms. The maximum Gasteiger partial charge on any atom is 0.148 e. The molecule has 1 heterocycles. The monoisotopic (exact) mass is 291 g/mol. The van der Waals surface area contributed by atoms with Gasteiger partial charge in [-0.1, -0.05) is 25.4 Å². The summed E-state index contributed by atoms with van der Waals surface area (Å²) < 4.78 is 0.724. The Hall–Kier alpha value is -0.350. The minimum atomic E-state index is 0.368. The van der Waals surface area contributed by atoms with Crippen molar-refractivity contribution >= 4 is 33.3 Å². The average Bonchev–Trinajstić information content (AvgIpc) is 2.11. The Kier molecular flexibility index (Phi) is 4.80. The Morgan fingerprint density at radius 2 is 2.07 bits per heavy atom. The lowest BCUT2D eigenvalue weighted by molar-refractivity contribution is 0.538. The first-order chi connectivity index (χ1) is 7.00. The van der Waals surface area contributed by atoms with Crippen LogP contribution in [0.3, 0.4) is 0 Å². The number of rotatable bonds is 4. The highest BCUT2D eigenvalue weighted by molar-refractivity contribution is 9.10. The summed E-state index contributed by atoms with van der Waals surface area (Å²) in [6.07, 6.45) is 2.55. The second kappa shape index (κ2) is 5.66. The molecule has 0 aliphatic rings. The van der Waals surface area contributed by atoms with Crippen molar-refractivity contribution < 1.29 is 0 Å². The third-order valence-corrected chi connectivity index (χ3v) is 3.22. The molecule has 1 aromatic rings. The summed E-state index contributed by atoms with van der Waals surface area (Å²) >= 11 is 9.22. The zero-order valence-electron chi connectivity index (χ0n) is 9.09. The predicted molar refractivity (Wildman–Crippen MR) is 67.3 cm³/mol. The maximum absolute atomic E-state index is 5.87. The van der Waals surface area contributed by atoms with E-state index < -0.39 is 0 Å². The molecule has 0 radical (unpaired) electrons. The van der Waals surface area contributed by atoms with Gasteiger partial charge in [0, 0.05) is 6.04 Å². The van der Waals surface area contributed by atoms with Gasteiger partial charge >= 0.3 is 0 Å². The molecule has 0 aliphatic carbocycles. The Labute approximate surface area is 104 Å². The van der Waals surface area contributed by atoms with Gasteiger partial charge in [-0.2, -0.15) is 0 Å². The average molecular weight is 293 g/mol. The van der Waals surface area contributed by atoms with Crippen molar-refractivity contribution in [1.82, 2.24) is 9.97 Å². The summed E-state index contributed by atoms with van der Waals surface area (Å²) in [4.78, 5) is 8.01. The first kappa shape index (κ1) is 12.7. The van der Waals surface area contributed by atoms with Gasteiger partial charge in [0.15, 0.2) is 0 Å². The van der Waals surface area contributed by atoms with Crippen LogP contribution in [0.4, 0.5) is 5.82 Å². The lowest BCUT2D eigenvalue weighted by Gasteiger charge is -2.17. The zero-order chi connectivity index (χ0) is 11.4. The van der Waals surface area contributed by atoms with Crippen LogP contribution in [0, 0.1) is 5.92 Å². The molecule has 0 bridgehead atoms. The fourth-order valence-electron chi connectivity index (χ4n) is 1.45. The molecule has 5 heteroatoms. The molecule has 3 nitrogen and oxygen atoms in total. The van der Waals surface area contributed by atoms with E-state index in [1.54, 1.807) is 0 Å². The molecule has 1 N–H and O–H groups in total. The van der Waals surface area contributed by atoms with Crippen molar-refractivity contribution in [2.45, 2.75) is 33.2 Å². The SMILES string of the molecule is CC(C)CC(C)Nc1ncnc(Cl)c1Br. The zero-order valence-corrected chi connectivity index (χ0v) is 11.4. The Morgan fingerprint density at radius 3 is 2.67 bits per heavy atom. The van der Waals surface area contributed by atoms with Crippen LogP contribution in [0.5, 0.6) is 0 Å². The molecular formula is C10H15BrClN3. The molecule has 1 aromatic heterocycles. The lowest BCUT2D eigenvalue weighted by Crippen LogP contribution is -2.18. The van der Waals surface area contributed by atoms with Crippen LogP contribution in [0.1, 0.15) is 27.2 Å². The quantitative estimate of drug-likeness (QED) is 0.859. The molecule has 84 valence electrons. The Bertz CT molecular complexity index is 330. The largest absolute Gasteiger partial charge is 0.367 e. The number of nitrogens with zero attached hydrogens (tertiary/aromatic N) is 2. The third-order valence-electron chi connectivity index (χ3n) is 1.96. The van der Waals surface area contributed by atoms with Crippen molar-refractivity contribution in [3.63, 3.8) is 0 Å². The summed E-state index contributed by atoms with van der Waals surface area (Å²) in [5.74, 6) is 1.41. The molecule has 0 aromatic carbocycles. The van der Waals surface area contributed by atoms with Gasteiger partial charge in [0.2, 0.25) is 0 Å². The third kappa shape index (κ3) is 3.95. The molecular weight excluding hydrogens is 277 g/mol. The molecule has 0 saturated carbocycles. The molecule has 1 unspecified atom stereocenters. The van der Waals surface area contributed by atoms with Crippen LogP contribution in [0.2, 0.25) is 5.15 Å². The van der Waals surface area contributed by atoms with Crippen LogP contribution >= 0.6 is 27.5 Å². The number of aromatic nitrogens is 2. The number of anilines is 1. The van der Waals surface area contributed by atoms with Gasteiger partial charge in [-0.05, 0) is 35.2 Å². The van der Waals surface area contributed by atoms with Crippen LogP contribution in [0.15, 0.2) is 10.8 Å². The van der Waals surface area contributed by atoms with E-state index in [9.17, 15) is 0 Å². The van der Waals surface area contributed by atoms with Crippen molar-refractivity contribution in [1.29, 1.82) is 0 Å². The van der Waals surface area contributed by atoms with Gasteiger partial charge in [0.05, 0.1) is 4.47 Å². The maximum atomic E-state index is 5.87. The minimum Gasteiger partial charge on any atom is -0.367 e. The molecule has 15 heavy (non-hydrogen) atoms. The fraction of sp³-hybridized carbons (Fsp3) is 0.600. The van der Waals surface area contributed by atoms with Crippen molar-refractivity contribution in [3.05, 3.63) is 16.0 Å². The molecule has 1 atom stereocenters. The van der Waals surface area contributed by atoms with Gasteiger partial charge in [-0.25, -0.2) is 9.97 Å². The molecule has 0 aliphatic heterocycles. The molecule has 0 saturated heterocycles. The van der Waals surface area contributed by atoms with E-state index in [0.717, 1.165) is 16.7 Å². The summed E-state index contributed by atoms with van der Waals surface area (Å²) in [6.45, 7) is 6.52. The van der Waals surface area contributed by atoms with Gasteiger partial charge in [0.25, 0.3) is 0 Å². The van der Waals surface area contributed by atoms with Gasteiger partial charge in [-0.15, -0.1) is 0 Å². The van der Waals surface area contributed by atoms with Crippen LogP contribution in [-0.4, -0.2) is 16.0 Å². The van der Waals surface area contributed by atoms with Gasteiger partial charge in [0.1, 0.15) is 17.3 Å². The molecule has 1 rings (SSSR count). The highest BCUT2D eigenvalue weighted by Crippen LogP contribution is 2.26. The Balaban J connectivity index is 2.68. The summed E-state index contributed by atoms with van der Waals surface area (Å²) in [5.41, 5.74) is 0. The normalized spacial score (nSPS) is 12.9. The van der Waals surface area contributed by atoms with Crippen LogP contribution < -0.4 is 5.32 Å². The summed E-state index contributed by atoms with van der Waals surface area (Å²) in [6, 6.07) is 0.368. The summed E-state index contributed by atoms with van der Waals surface area (Å²) in [7, 11) is 0. The fourth-order valence-corrected chi connectivity index (χ4v) is 1.90. The number of hydrogen-bond acceptors (Lipinski definition) is 3. The van der Waals surface area contributed by atoms with E-state index in [0.29, 0.717) is 17.1 Å². The van der Waals surface area contributed by atoms with E-state index in [4.69, 9.17) is 11.6 Å². The Morgan fingerprint density at radius 1 is 1.40 bits per heavy atom. The van der Waals surface area contributed by atoms with E-state index in [1.165, 1.54) is 6.33 Å². The van der Waals surface area contributed by atoms with E-state index in [-0.39, 0.29) is 0 Å². The van der Waals surface area contributed by atoms with E-state index >= 15 is 0 Å². The van der Waals surface area contributed by atoms with Crippen LogP contribution in [0.25, 0.3) is 0 Å². The van der Waals surface area contributed by atoms with Crippen molar-refractivity contribution in [2.24, 2.45) is 5.92 Å². The van der Waals surface area contributed by atoms with Crippen molar-refractivity contribution in [3.8, 4) is 0 Å². The highest BCUT2D eigenvalue weighted by Gasteiger charge is 2.10. The number of nitrogens with one attached hydrogen (secondary N) is 1. The number of halogens is 2. The van der Waals surface area contributed by atoms with Crippen LogP contribution in [-0.2, 0) is 0 Å². The first-order valence-corrected chi connectivity index (χ1v) is 6.10. The standard InChI is InChI=1S/C10H15BrClN3/c1-6(2)4-7(3)15-10-8(11)9(12)13-5-14-10/h5-7H,4H2,1-3H3,(H,13,14,15). The molecule has 0 amide bonds. The topological polar surface area (TPSA) is 37.8 Å². The lowest BCUT2D eigenvalue weighted by atomic mass is 10.1. The number of hydrogen-bond donors (Lipinski definition) is 1.